The van der Waals surface area contributed by atoms with Crippen molar-refractivity contribution in [3.05, 3.63) is 51.0 Å². The number of esters is 1. The molecule has 1 atom stereocenters. The van der Waals surface area contributed by atoms with Crippen LogP contribution in [0.3, 0.4) is 0 Å². The van der Waals surface area contributed by atoms with E-state index in [9.17, 15) is 14.4 Å². The van der Waals surface area contributed by atoms with Crippen LogP contribution < -0.4 is 5.32 Å². The smallest absolute Gasteiger partial charge is 0.341 e. The third-order valence-corrected chi connectivity index (χ3v) is 10.9. The average molecular weight is 574 g/mol. The van der Waals surface area contributed by atoms with Crippen molar-refractivity contribution < 1.29 is 19.1 Å². The summed E-state index contributed by atoms with van der Waals surface area (Å²) in [6, 6.07) is 7.43. The number of aryl methyl sites for hydroxylation is 1. The number of benzene rings is 1. The molecule has 0 unspecified atom stereocenters. The predicted octanol–water partition coefficient (Wildman–Crippen LogP) is 6.78. The van der Waals surface area contributed by atoms with Crippen molar-refractivity contribution in [2.24, 2.45) is 0 Å². The van der Waals surface area contributed by atoms with E-state index in [1.807, 2.05) is 0 Å². The van der Waals surface area contributed by atoms with E-state index in [-0.39, 0.29) is 30.9 Å². The molecule has 1 saturated carbocycles. The average Bonchev–Trinajstić information content (AvgIpc) is 3.52. The van der Waals surface area contributed by atoms with E-state index in [1.165, 1.54) is 71.2 Å². The quantitative estimate of drug-likeness (QED) is 0.329. The van der Waals surface area contributed by atoms with Crippen LogP contribution in [0.25, 0.3) is 10.9 Å². The number of hydrogen-bond acceptors (Lipinski definition) is 6. The van der Waals surface area contributed by atoms with E-state index >= 15 is 0 Å². The summed E-state index contributed by atoms with van der Waals surface area (Å²) in [6.07, 6.45) is 11.8. The molecule has 3 aromatic rings. The van der Waals surface area contributed by atoms with Gasteiger partial charge in [-0.3, -0.25) is 14.5 Å². The summed E-state index contributed by atoms with van der Waals surface area (Å²) in [7, 11) is 0. The summed E-state index contributed by atoms with van der Waals surface area (Å²) in [4.78, 5) is 41.9. The number of amides is 1. The van der Waals surface area contributed by atoms with E-state index in [1.54, 1.807) is 6.92 Å². The summed E-state index contributed by atoms with van der Waals surface area (Å²) >= 11 is 1.23. The first-order valence-electron chi connectivity index (χ1n) is 15.6. The number of aromatic nitrogens is 1. The Morgan fingerprint density at radius 2 is 1.83 bits per heavy atom. The van der Waals surface area contributed by atoms with Crippen LogP contribution in [0.5, 0.6) is 0 Å². The Labute approximate surface area is 245 Å². The Bertz CT molecular complexity index is 1530. The van der Waals surface area contributed by atoms with E-state index in [2.05, 4.69) is 33.0 Å². The van der Waals surface area contributed by atoms with Gasteiger partial charge < -0.3 is 14.6 Å². The molecule has 0 saturated heterocycles. The second kappa shape index (κ2) is 11.0. The van der Waals surface area contributed by atoms with Crippen molar-refractivity contribution in [3.8, 4) is 0 Å². The topological polar surface area (TPSA) is 80.6 Å². The number of anilines is 1. The predicted molar refractivity (Wildman–Crippen MR) is 161 cm³/mol. The highest BCUT2D eigenvalue weighted by Crippen LogP contribution is 2.44. The number of nitrogens with one attached hydrogen (secondary N) is 1. The number of Topliss-reactive ketones (excluding diaryl/α,β-unsaturated/α-hetero) is 1. The molecule has 2 aromatic heterocycles. The zero-order valence-corrected chi connectivity index (χ0v) is 24.7. The summed E-state index contributed by atoms with van der Waals surface area (Å²) in [6.45, 7) is 3.96. The molecule has 0 bridgehead atoms. The maximum Gasteiger partial charge on any atom is 0.341 e. The molecular formula is C33H39N3O4S. The lowest BCUT2D eigenvalue weighted by Crippen LogP contribution is -2.43. The van der Waals surface area contributed by atoms with E-state index in [4.69, 9.17) is 4.74 Å². The number of carbonyl (C=O) groups is 3. The lowest BCUT2D eigenvalue weighted by atomic mass is 9.83. The van der Waals surface area contributed by atoms with Gasteiger partial charge in [-0.1, -0.05) is 25.3 Å². The van der Waals surface area contributed by atoms with Gasteiger partial charge in [-0.15, -0.1) is 11.3 Å². The van der Waals surface area contributed by atoms with Crippen LogP contribution in [-0.2, 0) is 28.9 Å². The van der Waals surface area contributed by atoms with Crippen molar-refractivity contribution >= 4 is 44.9 Å². The molecule has 3 heterocycles. The fourth-order valence-corrected chi connectivity index (χ4v) is 9.12. The largest absolute Gasteiger partial charge is 0.462 e. The summed E-state index contributed by atoms with van der Waals surface area (Å²) in [5, 5.41) is 4.91. The molecule has 1 fully saturated rings. The minimum Gasteiger partial charge on any atom is -0.462 e. The van der Waals surface area contributed by atoms with E-state index in [0.717, 1.165) is 44.3 Å². The van der Waals surface area contributed by atoms with Crippen LogP contribution in [0.1, 0.15) is 119 Å². The number of ether oxygens (including phenoxy) is 1. The zero-order chi connectivity index (χ0) is 28.1. The van der Waals surface area contributed by atoms with Gasteiger partial charge in [0, 0.05) is 36.1 Å². The molecule has 1 aromatic carbocycles. The fraction of sp³-hybridized carbons (Fsp3) is 0.545. The summed E-state index contributed by atoms with van der Waals surface area (Å²) in [5.74, 6) is 0.141. The van der Waals surface area contributed by atoms with E-state index in [0.29, 0.717) is 34.2 Å². The van der Waals surface area contributed by atoms with Gasteiger partial charge in [-0.2, -0.15) is 0 Å². The highest BCUT2D eigenvalue weighted by Gasteiger charge is 2.37. The van der Waals surface area contributed by atoms with Crippen molar-refractivity contribution in [2.45, 2.75) is 96.1 Å². The van der Waals surface area contributed by atoms with Crippen LogP contribution in [0.2, 0.25) is 0 Å². The van der Waals surface area contributed by atoms with Crippen LogP contribution in [-0.4, -0.2) is 46.8 Å². The van der Waals surface area contributed by atoms with Crippen LogP contribution in [0, 0.1) is 0 Å². The second-order valence-electron chi connectivity index (χ2n) is 12.2. The third-order valence-electron chi connectivity index (χ3n) is 9.75. The minimum atomic E-state index is -0.456. The first kappa shape index (κ1) is 26.9. The van der Waals surface area contributed by atoms with Crippen molar-refractivity contribution in [3.63, 3.8) is 0 Å². The molecule has 0 radical (unpaired) electrons. The SMILES string of the molecule is CCOC(=O)c1c(NC(=O)CN2CCn3c4c(c5cc(C6CCCCC6)ccc53)CCC[C@@H]42)sc2c1CCCC2=O. The molecule has 8 heteroatoms. The van der Waals surface area contributed by atoms with Gasteiger partial charge in [0.2, 0.25) is 5.91 Å². The number of thiophene rings is 1. The molecule has 41 heavy (non-hydrogen) atoms. The molecule has 216 valence electrons. The molecule has 4 aliphatic rings. The highest BCUT2D eigenvalue weighted by molar-refractivity contribution is 7.18. The second-order valence-corrected chi connectivity index (χ2v) is 13.2. The highest BCUT2D eigenvalue weighted by atomic mass is 32.1. The lowest BCUT2D eigenvalue weighted by Gasteiger charge is -2.39. The molecule has 7 rings (SSSR count). The Morgan fingerprint density at radius 3 is 2.66 bits per heavy atom. The molecule has 7 nitrogen and oxygen atoms in total. The zero-order valence-electron chi connectivity index (χ0n) is 23.9. The van der Waals surface area contributed by atoms with Gasteiger partial charge >= 0.3 is 5.97 Å². The molecular weight excluding hydrogens is 534 g/mol. The molecule has 1 N–H and O–H groups in total. The summed E-state index contributed by atoms with van der Waals surface area (Å²) in [5.41, 5.74) is 6.85. The molecule has 0 spiro atoms. The van der Waals surface area contributed by atoms with E-state index < -0.39 is 5.97 Å². The number of carbonyl (C=O) groups excluding carboxylic acids is 3. The molecule has 1 amide bonds. The number of fused-ring (bicyclic) bond motifs is 4. The number of hydrogen-bond donors (Lipinski definition) is 1. The third kappa shape index (κ3) is 4.73. The monoisotopic (exact) mass is 573 g/mol. The van der Waals surface area contributed by atoms with Gasteiger partial charge in [-0.05, 0) is 86.6 Å². The first-order chi connectivity index (χ1) is 20.0. The van der Waals surface area contributed by atoms with Crippen LogP contribution in [0.15, 0.2) is 18.2 Å². The molecule has 3 aliphatic carbocycles. The van der Waals surface area contributed by atoms with Crippen molar-refractivity contribution in [1.29, 1.82) is 0 Å². The Morgan fingerprint density at radius 1 is 1.00 bits per heavy atom. The lowest BCUT2D eigenvalue weighted by molar-refractivity contribution is -0.118. The number of ketones is 1. The maximum absolute atomic E-state index is 13.5. The number of rotatable bonds is 6. The van der Waals surface area contributed by atoms with Crippen molar-refractivity contribution in [2.75, 3.05) is 25.0 Å². The van der Waals surface area contributed by atoms with Gasteiger partial charge in [-0.25, -0.2) is 4.79 Å². The normalized spacial score (nSPS) is 21.0. The maximum atomic E-state index is 13.5. The summed E-state index contributed by atoms with van der Waals surface area (Å²) < 4.78 is 7.84. The van der Waals surface area contributed by atoms with Gasteiger partial charge in [0.1, 0.15) is 5.00 Å². The van der Waals surface area contributed by atoms with Crippen molar-refractivity contribution in [1.82, 2.24) is 9.47 Å². The Kier molecular flexibility index (Phi) is 7.23. The van der Waals surface area contributed by atoms with Gasteiger partial charge in [0.15, 0.2) is 5.78 Å². The minimum absolute atomic E-state index is 0.0486. The van der Waals surface area contributed by atoms with Crippen LogP contribution in [0.4, 0.5) is 5.00 Å². The fourth-order valence-electron chi connectivity index (χ4n) is 7.90. The van der Waals surface area contributed by atoms with Gasteiger partial charge in [0.25, 0.3) is 0 Å². The standard InChI is InChI=1S/C33H39N3O4S/c1-2-40-33(39)29-23-11-7-13-27(37)31(23)41-32(29)34-28(38)19-35-16-17-36-25-15-14-21(20-8-4-3-5-9-20)18-24(25)22-10-6-12-26(35)30(22)36/h14-15,18,20,26H,2-13,16-17,19H2,1H3,(H,34,38)/t26-/m0/s1. The Balaban J connectivity index is 1.14. The Hall–Kier alpha value is -2.97. The molecule has 1 aliphatic heterocycles. The van der Waals surface area contributed by atoms with Gasteiger partial charge in [0.05, 0.1) is 29.6 Å². The number of nitrogens with zero attached hydrogens (tertiary/aromatic N) is 2. The van der Waals surface area contributed by atoms with Crippen LogP contribution >= 0.6 is 11.3 Å². The first-order valence-corrected chi connectivity index (χ1v) is 16.4.